The third-order valence-corrected chi connectivity index (χ3v) is 6.93. The normalized spacial score (nSPS) is 20.3. The van der Waals surface area contributed by atoms with Crippen LogP contribution in [0.1, 0.15) is 48.3 Å². The van der Waals surface area contributed by atoms with Crippen LogP contribution in [0.3, 0.4) is 0 Å². The first kappa shape index (κ1) is 17.6. The zero-order valence-corrected chi connectivity index (χ0v) is 16.5. The van der Waals surface area contributed by atoms with Gasteiger partial charge in [-0.2, -0.15) is 0 Å². The molecule has 1 aliphatic carbocycles. The van der Waals surface area contributed by atoms with Crippen LogP contribution in [0.5, 0.6) is 0 Å². The van der Waals surface area contributed by atoms with E-state index in [1.54, 1.807) is 0 Å². The standard InChI is InChI=1S/C23H27NOS/c1-15(25)21-19-13-23(2,3)10-8-20(19)26-22(21)18-7-5-4-6-17(18)12-16-9-11-24-14-16/h4-7,12,24-25H,1,8-11,13-14H2,2-3H3/b16-12+. The third-order valence-electron chi connectivity index (χ3n) is 5.60. The monoisotopic (exact) mass is 365 g/mol. The van der Waals surface area contributed by atoms with Crippen LogP contribution in [0.2, 0.25) is 0 Å². The molecule has 136 valence electrons. The average Bonchev–Trinajstić information content (AvgIpc) is 3.21. The fourth-order valence-corrected chi connectivity index (χ4v) is 5.56. The van der Waals surface area contributed by atoms with E-state index in [1.807, 2.05) is 11.3 Å². The highest BCUT2D eigenvalue weighted by Crippen LogP contribution is 2.47. The van der Waals surface area contributed by atoms with E-state index in [-0.39, 0.29) is 11.2 Å². The average molecular weight is 366 g/mol. The van der Waals surface area contributed by atoms with E-state index in [4.69, 9.17) is 0 Å². The number of rotatable bonds is 3. The Morgan fingerprint density at radius 3 is 2.81 bits per heavy atom. The Bertz CT molecular complexity index is 880. The summed E-state index contributed by atoms with van der Waals surface area (Å²) in [4.78, 5) is 2.60. The number of benzene rings is 1. The van der Waals surface area contributed by atoms with Crippen molar-refractivity contribution in [2.45, 2.75) is 39.5 Å². The van der Waals surface area contributed by atoms with Crippen molar-refractivity contribution in [3.63, 3.8) is 0 Å². The molecule has 2 aromatic rings. The minimum Gasteiger partial charge on any atom is -0.508 e. The first-order chi connectivity index (χ1) is 12.4. The summed E-state index contributed by atoms with van der Waals surface area (Å²) in [6.07, 6.45) is 6.75. The van der Waals surface area contributed by atoms with Gasteiger partial charge in [-0.3, -0.25) is 0 Å². The van der Waals surface area contributed by atoms with Gasteiger partial charge in [0.15, 0.2) is 0 Å². The predicted octanol–water partition coefficient (Wildman–Crippen LogP) is 5.84. The maximum Gasteiger partial charge on any atom is 0.117 e. The van der Waals surface area contributed by atoms with E-state index in [0.29, 0.717) is 0 Å². The minimum absolute atomic E-state index is 0.209. The number of thiophene rings is 1. The van der Waals surface area contributed by atoms with Crippen LogP contribution >= 0.6 is 11.3 Å². The van der Waals surface area contributed by atoms with Crippen LogP contribution in [-0.4, -0.2) is 18.2 Å². The maximum absolute atomic E-state index is 10.4. The van der Waals surface area contributed by atoms with E-state index >= 15 is 0 Å². The van der Waals surface area contributed by atoms with Gasteiger partial charge in [-0.1, -0.05) is 56.3 Å². The molecule has 26 heavy (non-hydrogen) atoms. The predicted molar refractivity (Wildman–Crippen MR) is 113 cm³/mol. The van der Waals surface area contributed by atoms with E-state index in [1.165, 1.54) is 38.4 Å². The highest BCUT2D eigenvalue weighted by Gasteiger charge is 2.31. The first-order valence-electron chi connectivity index (χ1n) is 9.47. The van der Waals surface area contributed by atoms with Crippen LogP contribution in [0.4, 0.5) is 0 Å². The van der Waals surface area contributed by atoms with Crippen molar-refractivity contribution in [3.05, 3.63) is 58.0 Å². The largest absolute Gasteiger partial charge is 0.508 e. The molecule has 1 aromatic carbocycles. The minimum atomic E-state index is 0.209. The van der Waals surface area contributed by atoms with Gasteiger partial charge in [0.1, 0.15) is 5.76 Å². The van der Waals surface area contributed by atoms with Gasteiger partial charge in [0, 0.05) is 21.9 Å². The Kier molecular flexibility index (Phi) is 4.54. The highest BCUT2D eigenvalue weighted by molar-refractivity contribution is 7.16. The molecule has 4 rings (SSSR count). The fraction of sp³-hybridized carbons (Fsp3) is 0.391. The number of nitrogens with one attached hydrogen (secondary N) is 1. The molecule has 3 heteroatoms. The molecule has 1 fully saturated rings. The molecule has 0 atom stereocenters. The highest BCUT2D eigenvalue weighted by atomic mass is 32.1. The van der Waals surface area contributed by atoms with Crippen molar-refractivity contribution >= 4 is 23.2 Å². The van der Waals surface area contributed by atoms with Crippen molar-refractivity contribution in [2.24, 2.45) is 5.41 Å². The molecule has 2 aliphatic rings. The number of fused-ring (bicyclic) bond motifs is 1. The Labute approximate surface area is 160 Å². The number of hydrogen-bond donors (Lipinski definition) is 2. The van der Waals surface area contributed by atoms with Crippen LogP contribution in [0, 0.1) is 5.41 Å². The molecule has 0 saturated carbocycles. The number of aliphatic hydroxyl groups is 1. The van der Waals surface area contributed by atoms with Crippen molar-refractivity contribution in [1.29, 1.82) is 0 Å². The Morgan fingerprint density at radius 1 is 1.27 bits per heavy atom. The van der Waals surface area contributed by atoms with E-state index < -0.39 is 0 Å². The van der Waals surface area contributed by atoms with Crippen LogP contribution < -0.4 is 5.32 Å². The van der Waals surface area contributed by atoms with Gasteiger partial charge in [-0.25, -0.2) is 0 Å². The number of aryl methyl sites for hydroxylation is 1. The quantitative estimate of drug-likeness (QED) is 0.670. The lowest BCUT2D eigenvalue weighted by Crippen LogP contribution is -2.21. The second-order valence-electron chi connectivity index (χ2n) is 8.31. The summed E-state index contributed by atoms with van der Waals surface area (Å²) in [5, 5.41) is 13.9. The number of aliphatic hydroxyl groups excluding tert-OH is 1. The Morgan fingerprint density at radius 2 is 2.08 bits per heavy atom. The molecule has 2 heterocycles. The molecule has 0 unspecified atom stereocenters. The fourth-order valence-electron chi connectivity index (χ4n) is 4.17. The molecule has 1 saturated heterocycles. The van der Waals surface area contributed by atoms with Gasteiger partial charge in [0.2, 0.25) is 0 Å². The van der Waals surface area contributed by atoms with E-state index in [9.17, 15) is 5.11 Å². The smallest absolute Gasteiger partial charge is 0.117 e. The molecule has 0 amide bonds. The van der Waals surface area contributed by atoms with Crippen LogP contribution in [-0.2, 0) is 12.8 Å². The van der Waals surface area contributed by atoms with Gasteiger partial charge < -0.3 is 10.4 Å². The summed E-state index contributed by atoms with van der Waals surface area (Å²) in [5.41, 5.74) is 6.49. The lowest BCUT2D eigenvalue weighted by atomic mass is 9.75. The van der Waals surface area contributed by atoms with Crippen LogP contribution in [0.25, 0.3) is 22.3 Å². The van der Waals surface area contributed by atoms with Gasteiger partial charge in [-0.15, -0.1) is 11.3 Å². The van der Waals surface area contributed by atoms with E-state index in [0.717, 1.165) is 37.9 Å². The SMILES string of the molecule is C=C(O)c1c(-c2ccccc2/C=C2\CCNC2)sc2c1CC(C)(C)CC2. The van der Waals surface area contributed by atoms with Gasteiger partial charge >= 0.3 is 0 Å². The van der Waals surface area contributed by atoms with Crippen molar-refractivity contribution in [1.82, 2.24) is 5.32 Å². The maximum atomic E-state index is 10.4. The van der Waals surface area contributed by atoms with Crippen molar-refractivity contribution in [3.8, 4) is 10.4 Å². The summed E-state index contributed by atoms with van der Waals surface area (Å²) in [6.45, 7) is 10.6. The lowest BCUT2D eigenvalue weighted by molar-refractivity contribution is 0.317. The molecule has 2 nitrogen and oxygen atoms in total. The molecule has 1 aromatic heterocycles. The summed E-state index contributed by atoms with van der Waals surface area (Å²) in [7, 11) is 0. The molecular formula is C23H27NOS. The lowest BCUT2D eigenvalue weighted by Gasteiger charge is -2.30. The van der Waals surface area contributed by atoms with Crippen LogP contribution in [0.15, 0.2) is 36.4 Å². The zero-order valence-electron chi connectivity index (χ0n) is 15.7. The molecule has 0 bridgehead atoms. The van der Waals surface area contributed by atoms with E-state index in [2.05, 4.69) is 56.1 Å². The summed E-state index contributed by atoms with van der Waals surface area (Å²) in [6, 6.07) is 8.57. The zero-order chi connectivity index (χ0) is 18.3. The number of hydrogen-bond acceptors (Lipinski definition) is 3. The molecule has 0 spiro atoms. The Hall–Kier alpha value is -1.84. The molecule has 2 N–H and O–H groups in total. The summed E-state index contributed by atoms with van der Waals surface area (Å²) in [5.74, 6) is 0.209. The topological polar surface area (TPSA) is 32.3 Å². The molecule has 1 aliphatic heterocycles. The second kappa shape index (κ2) is 6.71. The van der Waals surface area contributed by atoms with Gasteiger partial charge in [0.25, 0.3) is 0 Å². The third kappa shape index (κ3) is 3.26. The molecule has 0 radical (unpaired) electrons. The summed E-state index contributed by atoms with van der Waals surface area (Å²) < 4.78 is 0. The Balaban J connectivity index is 1.86. The van der Waals surface area contributed by atoms with Gasteiger partial charge in [0.05, 0.1) is 0 Å². The van der Waals surface area contributed by atoms with Crippen molar-refractivity contribution in [2.75, 3.05) is 13.1 Å². The van der Waals surface area contributed by atoms with Crippen molar-refractivity contribution < 1.29 is 5.11 Å². The summed E-state index contributed by atoms with van der Waals surface area (Å²) >= 11 is 1.85. The van der Waals surface area contributed by atoms with Gasteiger partial charge in [-0.05, 0) is 54.3 Å². The molecular weight excluding hydrogens is 338 g/mol. The first-order valence-corrected chi connectivity index (χ1v) is 10.3. The second-order valence-corrected chi connectivity index (χ2v) is 9.42.